The van der Waals surface area contributed by atoms with Crippen LogP contribution in [0.5, 0.6) is 0 Å². The number of rotatable bonds is 4. The molecule has 25 heavy (non-hydrogen) atoms. The molecule has 132 valence electrons. The van der Waals surface area contributed by atoms with Gasteiger partial charge in [-0.15, -0.1) is 0 Å². The molecule has 0 radical (unpaired) electrons. The summed E-state index contributed by atoms with van der Waals surface area (Å²) in [5.74, 6) is 0.333. The maximum Gasteiger partial charge on any atom is 0.251 e. The molecule has 7 heteroatoms. The van der Waals surface area contributed by atoms with Crippen LogP contribution in [0.15, 0.2) is 35.1 Å². The molecule has 1 aromatic carbocycles. The van der Waals surface area contributed by atoms with Crippen molar-refractivity contribution in [2.24, 2.45) is 0 Å². The van der Waals surface area contributed by atoms with E-state index in [1.807, 2.05) is 24.3 Å². The molecular weight excluding hydrogens is 320 g/mol. The molecule has 7 nitrogen and oxygen atoms in total. The van der Waals surface area contributed by atoms with Crippen molar-refractivity contribution in [1.29, 1.82) is 0 Å². The molecule has 1 atom stereocenters. The van der Waals surface area contributed by atoms with Crippen LogP contribution in [0.3, 0.4) is 0 Å². The maximum absolute atomic E-state index is 12.4. The molecule has 1 aliphatic heterocycles. The van der Waals surface area contributed by atoms with Crippen LogP contribution in [-0.4, -0.2) is 42.2 Å². The average molecular weight is 342 g/mol. The third kappa shape index (κ3) is 4.24. The molecule has 0 aliphatic carbocycles. The number of carbonyl (C=O) groups excluding carboxylic acids is 1. The Bertz CT molecular complexity index is 795. The van der Waals surface area contributed by atoms with E-state index in [0.29, 0.717) is 17.1 Å². The number of carbonyl (C=O) groups is 1. The Labute approximate surface area is 146 Å². The van der Waals surface area contributed by atoms with Crippen molar-refractivity contribution in [1.82, 2.24) is 15.3 Å². The minimum Gasteiger partial charge on any atom is -0.378 e. The van der Waals surface area contributed by atoms with E-state index in [0.717, 1.165) is 32.0 Å². The van der Waals surface area contributed by atoms with E-state index in [1.54, 1.807) is 13.8 Å². The largest absolute Gasteiger partial charge is 0.378 e. The van der Waals surface area contributed by atoms with E-state index in [1.165, 1.54) is 6.07 Å². The van der Waals surface area contributed by atoms with Gasteiger partial charge in [0.15, 0.2) is 0 Å². The number of aromatic amines is 1. The van der Waals surface area contributed by atoms with Crippen molar-refractivity contribution in [2.75, 3.05) is 31.2 Å². The summed E-state index contributed by atoms with van der Waals surface area (Å²) in [4.78, 5) is 33.1. The van der Waals surface area contributed by atoms with Gasteiger partial charge in [0.05, 0.1) is 24.9 Å². The van der Waals surface area contributed by atoms with Gasteiger partial charge in [-0.3, -0.25) is 9.59 Å². The Morgan fingerprint density at radius 1 is 1.28 bits per heavy atom. The number of aromatic nitrogens is 2. The molecule has 0 saturated carbocycles. The number of aryl methyl sites for hydroxylation is 1. The van der Waals surface area contributed by atoms with Gasteiger partial charge in [-0.25, -0.2) is 4.98 Å². The molecular formula is C18H22N4O3. The molecule has 2 heterocycles. The molecule has 3 rings (SSSR count). The van der Waals surface area contributed by atoms with Crippen LogP contribution < -0.4 is 15.8 Å². The van der Waals surface area contributed by atoms with Crippen molar-refractivity contribution in [3.05, 3.63) is 57.8 Å². The summed E-state index contributed by atoms with van der Waals surface area (Å²) in [7, 11) is 0. The molecule has 0 spiro atoms. The number of amides is 1. The fraction of sp³-hybridized carbons (Fsp3) is 0.389. The lowest BCUT2D eigenvalue weighted by Crippen LogP contribution is -2.36. The van der Waals surface area contributed by atoms with Gasteiger partial charge in [-0.05, 0) is 38.1 Å². The van der Waals surface area contributed by atoms with Crippen molar-refractivity contribution < 1.29 is 9.53 Å². The standard InChI is InChI=1S/C18H22N4O3/c1-12(16-11-17(23)21-13(2)20-16)19-18(24)14-3-5-15(6-4-14)22-7-9-25-10-8-22/h3-6,11-12H,7-10H2,1-2H3,(H,19,24)(H,20,21,23). The number of nitrogens with one attached hydrogen (secondary N) is 2. The van der Waals surface area contributed by atoms with Gasteiger partial charge in [-0.2, -0.15) is 0 Å². The average Bonchev–Trinajstić information content (AvgIpc) is 2.61. The van der Waals surface area contributed by atoms with Crippen LogP contribution in [-0.2, 0) is 4.74 Å². The molecule has 1 saturated heterocycles. The number of ether oxygens (including phenoxy) is 1. The first-order chi connectivity index (χ1) is 12.0. The fourth-order valence-electron chi connectivity index (χ4n) is 2.82. The summed E-state index contributed by atoms with van der Waals surface area (Å²) in [5, 5.41) is 2.88. The Morgan fingerprint density at radius 3 is 2.60 bits per heavy atom. The predicted molar refractivity (Wildman–Crippen MR) is 94.9 cm³/mol. The number of anilines is 1. The third-order valence-corrected chi connectivity index (χ3v) is 4.18. The smallest absolute Gasteiger partial charge is 0.251 e. The van der Waals surface area contributed by atoms with Crippen molar-refractivity contribution in [3.63, 3.8) is 0 Å². The molecule has 1 aromatic heterocycles. The summed E-state index contributed by atoms with van der Waals surface area (Å²) >= 11 is 0. The second-order valence-corrected chi connectivity index (χ2v) is 6.10. The molecule has 1 fully saturated rings. The maximum atomic E-state index is 12.4. The highest BCUT2D eigenvalue weighted by Gasteiger charge is 2.15. The Morgan fingerprint density at radius 2 is 1.96 bits per heavy atom. The van der Waals surface area contributed by atoms with Crippen LogP contribution in [0.1, 0.15) is 34.8 Å². The molecule has 2 N–H and O–H groups in total. The first-order valence-electron chi connectivity index (χ1n) is 8.34. The second-order valence-electron chi connectivity index (χ2n) is 6.10. The highest BCUT2D eigenvalue weighted by atomic mass is 16.5. The van der Waals surface area contributed by atoms with Crippen molar-refractivity contribution in [2.45, 2.75) is 19.9 Å². The Kier molecular flexibility index (Phi) is 5.14. The van der Waals surface area contributed by atoms with Crippen LogP contribution in [0.25, 0.3) is 0 Å². The number of morpholine rings is 1. The first-order valence-corrected chi connectivity index (χ1v) is 8.34. The minimum absolute atomic E-state index is 0.194. The molecule has 0 bridgehead atoms. The van der Waals surface area contributed by atoms with Gasteiger partial charge in [0.1, 0.15) is 5.82 Å². The SMILES string of the molecule is Cc1nc(C(C)NC(=O)c2ccc(N3CCOCC3)cc2)cc(=O)[nH]1. The Balaban J connectivity index is 1.67. The van der Waals surface area contributed by atoms with Crippen LogP contribution in [0.2, 0.25) is 0 Å². The zero-order chi connectivity index (χ0) is 17.8. The van der Waals surface area contributed by atoms with Gasteiger partial charge in [0.2, 0.25) is 0 Å². The highest BCUT2D eigenvalue weighted by molar-refractivity contribution is 5.94. The van der Waals surface area contributed by atoms with Gasteiger partial charge in [0.25, 0.3) is 11.5 Å². The van der Waals surface area contributed by atoms with Gasteiger partial charge < -0.3 is 19.9 Å². The number of H-pyrrole nitrogens is 1. The normalized spacial score (nSPS) is 15.7. The summed E-state index contributed by atoms with van der Waals surface area (Å²) < 4.78 is 5.35. The van der Waals surface area contributed by atoms with E-state index in [9.17, 15) is 9.59 Å². The predicted octanol–water partition coefficient (Wildman–Crippen LogP) is 1.41. The highest BCUT2D eigenvalue weighted by Crippen LogP contribution is 2.17. The van der Waals surface area contributed by atoms with Crippen LogP contribution in [0, 0.1) is 6.92 Å². The number of nitrogens with zero attached hydrogens (tertiary/aromatic N) is 2. The third-order valence-electron chi connectivity index (χ3n) is 4.18. The van der Waals surface area contributed by atoms with Gasteiger partial charge in [-0.1, -0.05) is 0 Å². The van der Waals surface area contributed by atoms with Gasteiger partial charge in [0, 0.05) is 30.4 Å². The minimum atomic E-state index is -0.354. The molecule has 1 unspecified atom stereocenters. The molecule has 2 aromatic rings. The zero-order valence-corrected chi connectivity index (χ0v) is 14.4. The number of hydrogen-bond donors (Lipinski definition) is 2. The fourth-order valence-corrected chi connectivity index (χ4v) is 2.82. The van der Waals surface area contributed by atoms with E-state index >= 15 is 0 Å². The summed E-state index contributed by atoms with van der Waals surface area (Å²) in [6.45, 7) is 6.68. The lowest BCUT2D eigenvalue weighted by molar-refractivity contribution is 0.0939. The van der Waals surface area contributed by atoms with Crippen molar-refractivity contribution in [3.8, 4) is 0 Å². The quantitative estimate of drug-likeness (QED) is 0.877. The van der Waals surface area contributed by atoms with E-state index in [4.69, 9.17) is 4.74 Å². The topological polar surface area (TPSA) is 87.3 Å². The van der Waals surface area contributed by atoms with Gasteiger partial charge >= 0.3 is 0 Å². The lowest BCUT2D eigenvalue weighted by atomic mass is 10.1. The number of benzene rings is 1. The van der Waals surface area contributed by atoms with Crippen molar-refractivity contribution >= 4 is 11.6 Å². The monoisotopic (exact) mass is 342 g/mol. The summed E-state index contributed by atoms with van der Waals surface area (Å²) in [6.07, 6.45) is 0. The zero-order valence-electron chi connectivity index (χ0n) is 14.4. The summed E-state index contributed by atoms with van der Waals surface area (Å²) in [6, 6.07) is 8.56. The Hall–Kier alpha value is -2.67. The van der Waals surface area contributed by atoms with Crippen LogP contribution >= 0.6 is 0 Å². The number of hydrogen-bond acceptors (Lipinski definition) is 5. The van der Waals surface area contributed by atoms with E-state index in [-0.39, 0.29) is 17.5 Å². The van der Waals surface area contributed by atoms with E-state index in [2.05, 4.69) is 20.2 Å². The van der Waals surface area contributed by atoms with E-state index < -0.39 is 0 Å². The summed E-state index contributed by atoms with van der Waals surface area (Å²) in [5.41, 5.74) is 1.98. The van der Waals surface area contributed by atoms with Crippen LogP contribution in [0.4, 0.5) is 5.69 Å². The molecule has 1 aliphatic rings. The molecule has 1 amide bonds. The first kappa shape index (κ1) is 17.2. The lowest BCUT2D eigenvalue weighted by Gasteiger charge is -2.28. The second kappa shape index (κ2) is 7.48.